The zero-order chi connectivity index (χ0) is 20.3. The molecule has 1 unspecified atom stereocenters. The number of fused-ring (bicyclic) bond motifs is 1. The molecule has 1 atom stereocenters. The predicted octanol–water partition coefficient (Wildman–Crippen LogP) is 4.56. The van der Waals surface area contributed by atoms with Crippen LogP contribution in [-0.4, -0.2) is 24.2 Å². The van der Waals surface area contributed by atoms with Gasteiger partial charge in [0.1, 0.15) is 11.5 Å². The number of hydrogen-bond acceptors (Lipinski definition) is 5. The van der Waals surface area contributed by atoms with Gasteiger partial charge in [-0.25, -0.2) is 0 Å². The first-order valence-corrected chi connectivity index (χ1v) is 10.2. The number of hydrogen-bond donors (Lipinski definition) is 2. The van der Waals surface area contributed by atoms with Crippen molar-refractivity contribution in [2.45, 2.75) is 12.5 Å². The minimum absolute atomic E-state index is 0.0331. The lowest BCUT2D eigenvalue weighted by atomic mass is 9.97. The van der Waals surface area contributed by atoms with Crippen molar-refractivity contribution in [1.29, 1.82) is 0 Å². The fourth-order valence-corrected chi connectivity index (χ4v) is 4.21. The van der Waals surface area contributed by atoms with E-state index in [1.165, 1.54) is 17.6 Å². The quantitative estimate of drug-likeness (QED) is 0.471. The summed E-state index contributed by atoms with van der Waals surface area (Å²) in [4.78, 5) is 13.9. The summed E-state index contributed by atoms with van der Waals surface area (Å²) in [6, 6.07) is 18.5. The van der Waals surface area contributed by atoms with Crippen LogP contribution in [0.5, 0.6) is 5.75 Å². The summed E-state index contributed by atoms with van der Waals surface area (Å²) in [6.07, 6.45) is 1.51. The van der Waals surface area contributed by atoms with E-state index in [4.69, 9.17) is 9.15 Å². The van der Waals surface area contributed by atoms with E-state index < -0.39 is 5.60 Å². The van der Waals surface area contributed by atoms with Crippen LogP contribution in [0.2, 0.25) is 0 Å². The Morgan fingerprint density at radius 2 is 2.00 bits per heavy atom. The number of ether oxygens (including phenoxy) is 1. The molecule has 29 heavy (non-hydrogen) atoms. The maximum absolute atomic E-state index is 13.2. The number of furan rings is 1. The monoisotopic (exact) mass is 407 g/mol. The standard InChI is InChI=1S/C23H21NO4S/c1-2-27-18-12-11-16-7-3-4-8-17(16)21(18)22(25)24-15-23(26,19-9-5-13-28-19)20-10-6-14-29-20/h3-14,26H,2,15H2,1H3,(H,24,25). The van der Waals surface area contributed by atoms with Crippen molar-refractivity contribution in [3.8, 4) is 5.75 Å². The van der Waals surface area contributed by atoms with Crippen molar-refractivity contribution in [2.75, 3.05) is 13.2 Å². The number of benzene rings is 2. The molecule has 0 saturated heterocycles. The molecule has 2 N–H and O–H groups in total. The van der Waals surface area contributed by atoms with Crippen molar-refractivity contribution in [3.05, 3.63) is 88.5 Å². The second kappa shape index (κ2) is 8.11. The van der Waals surface area contributed by atoms with E-state index in [1.807, 2.05) is 54.8 Å². The summed E-state index contributed by atoms with van der Waals surface area (Å²) in [6.45, 7) is 2.29. The Kier molecular flexibility index (Phi) is 5.38. The van der Waals surface area contributed by atoms with Gasteiger partial charge in [0.05, 0.1) is 25.0 Å². The lowest BCUT2D eigenvalue weighted by molar-refractivity contribution is 0.0554. The fraction of sp³-hybridized carbons (Fsp3) is 0.174. The van der Waals surface area contributed by atoms with Gasteiger partial charge in [-0.3, -0.25) is 4.79 Å². The van der Waals surface area contributed by atoms with E-state index in [2.05, 4.69) is 5.32 Å². The molecule has 0 saturated carbocycles. The highest BCUT2D eigenvalue weighted by Gasteiger charge is 2.36. The van der Waals surface area contributed by atoms with Gasteiger partial charge < -0.3 is 19.6 Å². The minimum Gasteiger partial charge on any atom is -0.493 e. The minimum atomic E-state index is -1.45. The van der Waals surface area contributed by atoms with E-state index >= 15 is 0 Å². The van der Waals surface area contributed by atoms with Crippen LogP contribution in [0.4, 0.5) is 0 Å². The number of aliphatic hydroxyl groups is 1. The highest BCUT2D eigenvalue weighted by molar-refractivity contribution is 7.10. The van der Waals surface area contributed by atoms with Gasteiger partial charge in [0.25, 0.3) is 5.91 Å². The van der Waals surface area contributed by atoms with Crippen molar-refractivity contribution in [3.63, 3.8) is 0 Å². The zero-order valence-corrected chi connectivity index (χ0v) is 16.7. The molecule has 5 nitrogen and oxygen atoms in total. The van der Waals surface area contributed by atoms with Gasteiger partial charge in [-0.05, 0) is 47.3 Å². The summed E-state index contributed by atoms with van der Waals surface area (Å²) in [7, 11) is 0. The molecule has 2 heterocycles. The molecular weight excluding hydrogens is 386 g/mol. The van der Waals surface area contributed by atoms with Crippen LogP contribution >= 0.6 is 11.3 Å². The van der Waals surface area contributed by atoms with Gasteiger partial charge in [-0.15, -0.1) is 11.3 Å². The smallest absolute Gasteiger partial charge is 0.255 e. The average Bonchev–Trinajstić information content (AvgIpc) is 3.46. The van der Waals surface area contributed by atoms with Crippen LogP contribution in [-0.2, 0) is 5.60 Å². The van der Waals surface area contributed by atoms with Crippen LogP contribution in [0.1, 0.15) is 27.9 Å². The molecule has 0 spiro atoms. The van der Waals surface area contributed by atoms with Gasteiger partial charge in [0, 0.05) is 4.88 Å². The first kappa shape index (κ1) is 19.2. The third-order valence-electron chi connectivity index (χ3n) is 4.78. The third kappa shape index (κ3) is 3.64. The van der Waals surface area contributed by atoms with Gasteiger partial charge in [0.2, 0.25) is 0 Å². The predicted molar refractivity (Wildman–Crippen MR) is 113 cm³/mol. The van der Waals surface area contributed by atoms with E-state index in [-0.39, 0.29) is 12.5 Å². The molecule has 0 radical (unpaired) electrons. The molecular formula is C23H21NO4S. The molecule has 1 amide bonds. The summed E-state index contributed by atoms with van der Waals surface area (Å²) in [5.41, 5.74) is -0.998. The normalized spacial score (nSPS) is 13.2. The number of thiophene rings is 1. The number of carbonyl (C=O) groups excluding carboxylic acids is 1. The van der Waals surface area contributed by atoms with Crippen LogP contribution in [0.25, 0.3) is 10.8 Å². The number of carbonyl (C=O) groups is 1. The van der Waals surface area contributed by atoms with Crippen LogP contribution in [0.15, 0.2) is 76.7 Å². The molecule has 148 valence electrons. The van der Waals surface area contributed by atoms with Gasteiger partial charge >= 0.3 is 0 Å². The lowest BCUT2D eigenvalue weighted by Crippen LogP contribution is -2.41. The van der Waals surface area contributed by atoms with Crippen molar-refractivity contribution >= 4 is 28.0 Å². The van der Waals surface area contributed by atoms with E-state index in [0.29, 0.717) is 28.6 Å². The zero-order valence-electron chi connectivity index (χ0n) is 15.9. The lowest BCUT2D eigenvalue weighted by Gasteiger charge is -2.25. The van der Waals surface area contributed by atoms with Crippen molar-refractivity contribution in [1.82, 2.24) is 5.32 Å². The second-order valence-electron chi connectivity index (χ2n) is 6.59. The van der Waals surface area contributed by atoms with Gasteiger partial charge in [0.15, 0.2) is 5.60 Å². The molecule has 4 aromatic rings. The highest BCUT2D eigenvalue weighted by Crippen LogP contribution is 2.33. The van der Waals surface area contributed by atoms with E-state index in [9.17, 15) is 9.90 Å². The first-order chi connectivity index (χ1) is 14.1. The molecule has 0 aliphatic heterocycles. The maximum atomic E-state index is 13.2. The van der Waals surface area contributed by atoms with E-state index in [1.54, 1.807) is 18.2 Å². The molecule has 0 bridgehead atoms. The van der Waals surface area contributed by atoms with Crippen LogP contribution < -0.4 is 10.1 Å². The summed E-state index contributed by atoms with van der Waals surface area (Å²) < 4.78 is 11.2. The van der Waals surface area contributed by atoms with Gasteiger partial charge in [-0.2, -0.15) is 0 Å². The maximum Gasteiger partial charge on any atom is 0.255 e. The number of rotatable bonds is 7. The second-order valence-corrected chi connectivity index (χ2v) is 7.54. The Labute approximate surface area is 172 Å². The Balaban J connectivity index is 1.68. The summed E-state index contributed by atoms with van der Waals surface area (Å²) >= 11 is 1.40. The molecule has 6 heteroatoms. The van der Waals surface area contributed by atoms with Crippen LogP contribution in [0, 0.1) is 0 Å². The molecule has 0 aliphatic carbocycles. The fourth-order valence-electron chi connectivity index (χ4n) is 3.38. The number of nitrogens with one attached hydrogen (secondary N) is 1. The number of amides is 1. The highest BCUT2D eigenvalue weighted by atomic mass is 32.1. The van der Waals surface area contributed by atoms with Crippen molar-refractivity contribution < 1.29 is 19.1 Å². The topological polar surface area (TPSA) is 71.7 Å². The molecule has 2 aromatic heterocycles. The molecule has 4 rings (SSSR count). The molecule has 0 fully saturated rings. The van der Waals surface area contributed by atoms with Gasteiger partial charge in [-0.1, -0.05) is 36.4 Å². The average molecular weight is 407 g/mol. The largest absolute Gasteiger partial charge is 0.493 e. The first-order valence-electron chi connectivity index (χ1n) is 9.36. The Hall–Kier alpha value is -3.09. The SMILES string of the molecule is CCOc1ccc2ccccc2c1C(=O)NCC(O)(c1ccco1)c1cccs1. The summed E-state index contributed by atoms with van der Waals surface area (Å²) in [5.74, 6) is 0.580. The Bertz CT molecular complexity index is 1070. The summed E-state index contributed by atoms with van der Waals surface area (Å²) in [5, 5.41) is 17.9. The van der Waals surface area contributed by atoms with Crippen molar-refractivity contribution in [2.24, 2.45) is 0 Å². The molecule has 2 aromatic carbocycles. The van der Waals surface area contributed by atoms with E-state index in [0.717, 1.165) is 10.8 Å². The third-order valence-corrected chi connectivity index (χ3v) is 5.80. The Morgan fingerprint density at radius 3 is 2.72 bits per heavy atom. The van der Waals surface area contributed by atoms with Crippen LogP contribution in [0.3, 0.4) is 0 Å². The Morgan fingerprint density at radius 1 is 1.14 bits per heavy atom. The molecule has 0 aliphatic rings.